The Morgan fingerprint density at radius 3 is 2.74 bits per heavy atom. The highest BCUT2D eigenvalue weighted by Crippen LogP contribution is 2.20. The topological polar surface area (TPSA) is 99.8 Å². The molecule has 0 spiro atoms. The third-order valence-corrected chi connectivity index (χ3v) is 3.16. The van der Waals surface area contributed by atoms with Gasteiger partial charge in [0.1, 0.15) is 0 Å². The van der Waals surface area contributed by atoms with Crippen molar-refractivity contribution in [2.45, 2.75) is 13.0 Å². The molecule has 1 aliphatic heterocycles. The third-order valence-electron chi connectivity index (χ3n) is 3.16. The molecule has 1 aliphatic rings. The lowest BCUT2D eigenvalue weighted by Gasteiger charge is -2.38. The van der Waals surface area contributed by atoms with Crippen LogP contribution in [0.4, 0.5) is 16.3 Å². The highest BCUT2D eigenvalue weighted by molar-refractivity contribution is 5.66. The second kappa shape index (κ2) is 5.09. The van der Waals surface area contributed by atoms with Gasteiger partial charge in [-0.3, -0.25) is 0 Å². The van der Waals surface area contributed by atoms with Crippen molar-refractivity contribution >= 4 is 17.6 Å². The van der Waals surface area contributed by atoms with Crippen LogP contribution in [0.2, 0.25) is 0 Å². The van der Waals surface area contributed by atoms with E-state index in [2.05, 4.69) is 4.98 Å². The largest absolute Gasteiger partial charge is 0.465 e. The van der Waals surface area contributed by atoms with Gasteiger partial charge in [0.2, 0.25) is 0 Å². The van der Waals surface area contributed by atoms with Crippen LogP contribution in [0.15, 0.2) is 18.3 Å². The summed E-state index contributed by atoms with van der Waals surface area (Å²) in [6.07, 6.45) is 0.523. The van der Waals surface area contributed by atoms with Gasteiger partial charge in [-0.1, -0.05) is 0 Å². The van der Waals surface area contributed by atoms with Gasteiger partial charge in [0.15, 0.2) is 6.20 Å². The number of carboxylic acid groups (broad SMARTS) is 1. The summed E-state index contributed by atoms with van der Waals surface area (Å²) < 4.78 is 0. The zero-order valence-corrected chi connectivity index (χ0v) is 10.4. The van der Waals surface area contributed by atoms with Crippen molar-refractivity contribution < 1.29 is 14.8 Å². The maximum absolute atomic E-state index is 10.9. The van der Waals surface area contributed by atoms with Gasteiger partial charge in [0, 0.05) is 31.7 Å². The number of rotatable bonds is 2. The van der Waals surface area contributed by atoms with Crippen molar-refractivity contribution in [1.82, 2.24) is 9.88 Å². The summed E-state index contributed by atoms with van der Waals surface area (Å²) in [4.78, 5) is 28.0. The van der Waals surface area contributed by atoms with Crippen molar-refractivity contribution in [2.75, 3.05) is 24.5 Å². The van der Waals surface area contributed by atoms with Crippen molar-refractivity contribution in [3.05, 3.63) is 28.4 Å². The van der Waals surface area contributed by atoms with Crippen LogP contribution in [-0.2, 0) is 0 Å². The first-order valence-electron chi connectivity index (χ1n) is 5.84. The number of anilines is 1. The molecule has 8 nitrogen and oxygen atoms in total. The molecule has 0 bridgehead atoms. The number of pyridine rings is 1. The summed E-state index contributed by atoms with van der Waals surface area (Å²) in [6, 6.07) is 2.86. The lowest BCUT2D eigenvalue weighted by molar-refractivity contribution is -0.389. The fourth-order valence-corrected chi connectivity index (χ4v) is 2.15. The Hall–Kier alpha value is -2.38. The van der Waals surface area contributed by atoms with E-state index in [1.807, 2.05) is 11.8 Å². The van der Waals surface area contributed by atoms with Crippen LogP contribution in [0.25, 0.3) is 0 Å². The van der Waals surface area contributed by atoms with Crippen LogP contribution >= 0.6 is 0 Å². The van der Waals surface area contributed by atoms with Crippen molar-refractivity contribution in [3.8, 4) is 0 Å². The molecule has 1 aromatic rings. The molecular formula is C11H14N4O4. The summed E-state index contributed by atoms with van der Waals surface area (Å²) in [6.45, 7) is 3.34. The van der Waals surface area contributed by atoms with Crippen molar-refractivity contribution in [3.63, 3.8) is 0 Å². The molecule has 1 atom stereocenters. The van der Waals surface area contributed by atoms with Crippen LogP contribution in [0, 0.1) is 10.1 Å². The average Bonchev–Trinajstić information content (AvgIpc) is 2.38. The number of nitro groups is 1. The molecule has 102 valence electrons. The van der Waals surface area contributed by atoms with Gasteiger partial charge in [0.05, 0.1) is 5.69 Å². The Bertz CT molecular complexity index is 490. The minimum Gasteiger partial charge on any atom is -0.465 e. The number of amides is 1. The zero-order chi connectivity index (χ0) is 14.0. The molecule has 0 unspecified atom stereocenters. The molecule has 0 saturated carbocycles. The molecule has 0 aromatic carbocycles. The predicted octanol–water partition coefficient (Wildman–Crippen LogP) is 1.18. The molecule has 0 radical (unpaired) electrons. The molecule has 1 fully saturated rings. The van der Waals surface area contributed by atoms with Crippen LogP contribution < -0.4 is 4.90 Å². The van der Waals surface area contributed by atoms with E-state index in [-0.39, 0.29) is 11.9 Å². The summed E-state index contributed by atoms with van der Waals surface area (Å²) >= 11 is 0. The van der Waals surface area contributed by atoms with E-state index >= 15 is 0 Å². The number of piperazine rings is 1. The maximum Gasteiger partial charge on any atom is 0.407 e. The lowest BCUT2D eigenvalue weighted by atomic mass is 10.2. The molecule has 1 N–H and O–H groups in total. The molecule has 2 rings (SSSR count). The van der Waals surface area contributed by atoms with Gasteiger partial charge >= 0.3 is 11.9 Å². The van der Waals surface area contributed by atoms with Gasteiger partial charge in [-0.25, -0.2) is 4.79 Å². The lowest BCUT2D eigenvalue weighted by Crippen LogP contribution is -2.53. The van der Waals surface area contributed by atoms with E-state index in [9.17, 15) is 14.9 Å². The summed E-state index contributed by atoms with van der Waals surface area (Å²) in [5.74, 6) is -0.194. The van der Waals surface area contributed by atoms with E-state index in [0.717, 1.165) is 5.69 Å². The molecule has 2 heterocycles. The van der Waals surface area contributed by atoms with Gasteiger partial charge in [0.25, 0.3) is 0 Å². The van der Waals surface area contributed by atoms with E-state index in [1.54, 1.807) is 6.07 Å². The molecule has 0 aliphatic carbocycles. The number of nitrogens with zero attached hydrogens (tertiary/aromatic N) is 4. The van der Waals surface area contributed by atoms with E-state index < -0.39 is 11.0 Å². The Balaban J connectivity index is 2.08. The first-order chi connectivity index (χ1) is 8.99. The normalized spacial score (nSPS) is 19.3. The zero-order valence-electron chi connectivity index (χ0n) is 10.4. The van der Waals surface area contributed by atoms with E-state index in [1.165, 1.54) is 17.2 Å². The van der Waals surface area contributed by atoms with E-state index in [0.29, 0.717) is 19.6 Å². The highest BCUT2D eigenvalue weighted by Gasteiger charge is 2.27. The number of hydrogen-bond donors (Lipinski definition) is 1. The van der Waals surface area contributed by atoms with E-state index in [4.69, 9.17) is 5.11 Å². The maximum atomic E-state index is 10.9. The second-order valence-corrected chi connectivity index (χ2v) is 4.40. The Labute approximate surface area is 109 Å². The Morgan fingerprint density at radius 1 is 1.53 bits per heavy atom. The summed E-state index contributed by atoms with van der Waals surface area (Å²) in [5.41, 5.74) is 0.766. The quantitative estimate of drug-likeness (QED) is 0.637. The molecular weight excluding hydrogens is 252 g/mol. The number of hydrogen-bond acceptors (Lipinski definition) is 5. The second-order valence-electron chi connectivity index (χ2n) is 4.40. The minimum atomic E-state index is -0.922. The Morgan fingerprint density at radius 2 is 2.26 bits per heavy atom. The average molecular weight is 266 g/mol. The molecule has 1 aromatic heterocycles. The van der Waals surface area contributed by atoms with Crippen molar-refractivity contribution in [2.24, 2.45) is 0 Å². The van der Waals surface area contributed by atoms with Gasteiger partial charge in [-0.05, 0) is 22.9 Å². The van der Waals surface area contributed by atoms with Gasteiger partial charge < -0.3 is 25.0 Å². The minimum absolute atomic E-state index is 0.124. The summed E-state index contributed by atoms with van der Waals surface area (Å²) in [7, 11) is 0. The standard InChI is InChI=1S/C11H14N4O4/c1-8-7-13(4-5-14(8)11(16)17)9-2-3-10(12-6-9)15(18)19/h2-3,6,8H,4-5,7H2,1H3,(H,16,17)/t8-/m1/s1. The van der Waals surface area contributed by atoms with Gasteiger partial charge in [-0.15, -0.1) is 0 Å². The SMILES string of the molecule is C[C@@H]1CN(c2ccc([N+](=O)[O-])nc2)CCN1C(=O)O. The fraction of sp³-hybridized carbons (Fsp3) is 0.455. The van der Waals surface area contributed by atoms with Crippen molar-refractivity contribution in [1.29, 1.82) is 0 Å². The fourth-order valence-electron chi connectivity index (χ4n) is 2.15. The molecule has 1 saturated heterocycles. The highest BCUT2D eigenvalue weighted by atomic mass is 16.6. The summed E-state index contributed by atoms with van der Waals surface area (Å²) in [5, 5.41) is 19.5. The third kappa shape index (κ3) is 2.72. The smallest absolute Gasteiger partial charge is 0.407 e. The molecule has 1 amide bonds. The van der Waals surface area contributed by atoms with Crippen LogP contribution in [0.1, 0.15) is 6.92 Å². The van der Waals surface area contributed by atoms with Crippen LogP contribution in [0.5, 0.6) is 0 Å². The van der Waals surface area contributed by atoms with Gasteiger partial charge in [-0.2, -0.15) is 0 Å². The number of aromatic nitrogens is 1. The first-order valence-corrected chi connectivity index (χ1v) is 5.84. The van der Waals surface area contributed by atoms with Crippen LogP contribution in [0.3, 0.4) is 0 Å². The number of carbonyl (C=O) groups is 1. The molecule has 19 heavy (non-hydrogen) atoms. The first kappa shape index (κ1) is 13.1. The molecule has 8 heteroatoms. The predicted molar refractivity (Wildman–Crippen MR) is 67.3 cm³/mol. The van der Waals surface area contributed by atoms with Crippen LogP contribution in [-0.4, -0.2) is 51.7 Å². The monoisotopic (exact) mass is 266 g/mol. The Kier molecular flexibility index (Phi) is 3.50.